The average Bonchev–Trinajstić information content (AvgIpc) is 2.83. The predicted octanol–water partition coefficient (Wildman–Crippen LogP) is 4.91. The molecule has 0 radical (unpaired) electrons. The lowest BCUT2D eigenvalue weighted by atomic mass is 9.37. The van der Waals surface area contributed by atoms with Crippen molar-refractivity contribution < 1.29 is 4.79 Å². The van der Waals surface area contributed by atoms with Gasteiger partial charge in [-0.2, -0.15) is 0 Å². The number of ketones is 1. The summed E-state index contributed by atoms with van der Waals surface area (Å²) < 4.78 is 0. The molecule has 106 valence electrons. The molecule has 4 fully saturated rings. The molecule has 19 heavy (non-hydrogen) atoms. The summed E-state index contributed by atoms with van der Waals surface area (Å²) in [6.45, 7) is 9.21. The maximum absolute atomic E-state index is 11.6. The maximum Gasteiger partial charge on any atom is 0.155 e. The van der Waals surface area contributed by atoms with E-state index in [-0.39, 0.29) is 0 Å². The highest BCUT2D eigenvalue weighted by Crippen LogP contribution is 2.82. The molecule has 0 aliphatic heterocycles. The van der Waals surface area contributed by atoms with Gasteiger partial charge in [-0.15, -0.1) is 0 Å². The Balaban J connectivity index is 1.78. The van der Waals surface area contributed by atoms with Crippen LogP contribution in [0.25, 0.3) is 0 Å². The smallest absolute Gasteiger partial charge is 0.155 e. The Morgan fingerprint density at radius 2 is 2.00 bits per heavy atom. The fraction of sp³-hybridized carbons (Fsp3) is 0.833. The number of carbonyl (C=O) groups is 1. The molecule has 0 aromatic heterocycles. The van der Waals surface area contributed by atoms with Crippen LogP contribution < -0.4 is 0 Å². The number of allylic oxidation sites excluding steroid dienone is 2. The van der Waals surface area contributed by atoms with E-state index in [1.807, 2.05) is 13.0 Å². The van der Waals surface area contributed by atoms with E-state index < -0.39 is 0 Å². The summed E-state index contributed by atoms with van der Waals surface area (Å²) in [5, 5.41) is 0. The zero-order valence-electron chi connectivity index (χ0n) is 13.0. The molecular formula is C18H28O. The van der Waals surface area contributed by atoms with Crippen LogP contribution in [0.15, 0.2) is 11.6 Å². The third-order valence-electron chi connectivity index (χ3n) is 7.40. The van der Waals surface area contributed by atoms with Gasteiger partial charge in [-0.1, -0.05) is 26.3 Å². The van der Waals surface area contributed by atoms with Crippen LogP contribution in [-0.4, -0.2) is 5.78 Å². The third kappa shape index (κ3) is 1.56. The number of carbonyl (C=O) groups excluding carboxylic acids is 1. The fourth-order valence-corrected chi connectivity index (χ4v) is 5.78. The molecule has 0 saturated heterocycles. The first-order valence-electron chi connectivity index (χ1n) is 8.07. The molecule has 0 amide bonds. The molecule has 4 aliphatic rings. The van der Waals surface area contributed by atoms with Gasteiger partial charge in [-0.3, -0.25) is 4.79 Å². The Kier molecular flexibility index (Phi) is 2.79. The normalized spacial score (nSPS) is 48.6. The summed E-state index contributed by atoms with van der Waals surface area (Å²) in [6.07, 6.45) is 10.9. The zero-order valence-corrected chi connectivity index (χ0v) is 13.0. The first-order valence-corrected chi connectivity index (χ1v) is 8.07. The van der Waals surface area contributed by atoms with Gasteiger partial charge in [0.05, 0.1) is 0 Å². The Bertz CT molecular complexity index is 449. The van der Waals surface area contributed by atoms with Crippen molar-refractivity contribution in [2.75, 3.05) is 0 Å². The van der Waals surface area contributed by atoms with Crippen LogP contribution in [0.4, 0.5) is 0 Å². The Hall–Kier alpha value is -0.590. The van der Waals surface area contributed by atoms with Gasteiger partial charge in [0.2, 0.25) is 0 Å². The topological polar surface area (TPSA) is 17.1 Å². The third-order valence-corrected chi connectivity index (χ3v) is 7.40. The van der Waals surface area contributed by atoms with E-state index in [4.69, 9.17) is 0 Å². The number of hydrogen-bond donors (Lipinski definition) is 0. The fourth-order valence-electron chi connectivity index (χ4n) is 5.78. The molecule has 4 atom stereocenters. The van der Waals surface area contributed by atoms with Gasteiger partial charge < -0.3 is 0 Å². The molecule has 4 rings (SSSR count). The predicted molar refractivity (Wildman–Crippen MR) is 78.9 cm³/mol. The van der Waals surface area contributed by atoms with Gasteiger partial charge in [0.25, 0.3) is 0 Å². The van der Waals surface area contributed by atoms with Gasteiger partial charge >= 0.3 is 0 Å². The van der Waals surface area contributed by atoms with Gasteiger partial charge in [-0.25, -0.2) is 0 Å². The summed E-state index contributed by atoms with van der Waals surface area (Å²) in [5.41, 5.74) is 3.21. The second-order valence-electron chi connectivity index (χ2n) is 8.00. The summed E-state index contributed by atoms with van der Waals surface area (Å²) in [4.78, 5) is 11.6. The number of fused-ring (bicyclic) bond motifs is 1. The Labute approximate surface area is 117 Å². The zero-order chi connectivity index (χ0) is 13.9. The molecule has 4 aliphatic carbocycles. The van der Waals surface area contributed by atoms with Gasteiger partial charge in [0, 0.05) is 6.42 Å². The van der Waals surface area contributed by atoms with Gasteiger partial charge in [-0.05, 0) is 73.7 Å². The average molecular weight is 260 g/mol. The second-order valence-corrected chi connectivity index (χ2v) is 8.00. The lowest BCUT2D eigenvalue weighted by molar-refractivity contribution is -0.174. The maximum atomic E-state index is 11.6. The minimum absolute atomic E-state index is 0.299. The van der Waals surface area contributed by atoms with Crippen LogP contribution in [0, 0.1) is 22.2 Å². The second kappa shape index (κ2) is 3.96. The monoisotopic (exact) mass is 260 g/mol. The van der Waals surface area contributed by atoms with Crippen LogP contribution in [0.5, 0.6) is 0 Å². The van der Waals surface area contributed by atoms with Crippen LogP contribution >= 0.6 is 0 Å². The first kappa shape index (κ1) is 13.4. The van der Waals surface area contributed by atoms with Crippen molar-refractivity contribution in [1.29, 1.82) is 0 Å². The summed E-state index contributed by atoms with van der Waals surface area (Å²) in [7, 11) is 0. The summed E-state index contributed by atoms with van der Waals surface area (Å²) in [5.74, 6) is 0.972. The highest BCUT2D eigenvalue weighted by atomic mass is 16.1. The van der Waals surface area contributed by atoms with Crippen LogP contribution in [0.1, 0.15) is 72.6 Å². The standard InChI is InChI=1S/C18H28O/c1-5-15(19)10-13(2)14-6-7-17(4)16(3)8-9-18(17,11-14)12-16/h10,14H,5-9,11-12H2,1-4H3/b13-10+. The van der Waals surface area contributed by atoms with Crippen molar-refractivity contribution in [3.63, 3.8) is 0 Å². The van der Waals surface area contributed by atoms with Crippen molar-refractivity contribution in [1.82, 2.24) is 0 Å². The summed E-state index contributed by atoms with van der Waals surface area (Å²) in [6, 6.07) is 0. The van der Waals surface area contributed by atoms with Crippen molar-refractivity contribution in [3.8, 4) is 0 Å². The first-order chi connectivity index (χ1) is 8.86. The van der Waals surface area contributed by atoms with Crippen molar-refractivity contribution in [2.24, 2.45) is 22.2 Å². The molecule has 1 heteroatoms. The van der Waals surface area contributed by atoms with Crippen LogP contribution in [0.2, 0.25) is 0 Å². The lowest BCUT2D eigenvalue weighted by Crippen LogP contribution is -2.59. The van der Waals surface area contributed by atoms with E-state index in [2.05, 4.69) is 20.8 Å². The summed E-state index contributed by atoms with van der Waals surface area (Å²) >= 11 is 0. The van der Waals surface area contributed by atoms with E-state index in [1.54, 1.807) is 0 Å². The minimum Gasteiger partial charge on any atom is -0.295 e. The quantitative estimate of drug-likeness (QED) is 0.659. The highest BCUT2D eigenvalue weighted by molar-refractivity contribution is 5.90. The number of rotatable bonds is 3. The molecule has 2 bridgehead atoms. The van der Waals surface area contributed by atoms with Crippen molar-refractivity contribution in [2.45, 2.75) is 72.6 Å². The van der Waals surface area contributed by atoms with Crippen LogP contribution in [0.3, 0.4) is 0 Å². The van der Waals surface area contributed by atoms with E-state index in [9.17, 15) is 4.79 Å². The highest BCUT2D eigenvalue weighted by Gasteiger charge is 2.73. The molecule has 0 N–H and O–H groups in total. The molecular weight excluding hydrogens is 232 g/mol. The minimum atomic E-state index is 0.299. The van der Waals surface area contributed by atoms with Crippen LogP contribution in [-0.2, 0) is 4.79 Å². The van der Waals surface area contributed by atoms with Gasteiger partial charge in [0.1, 0.15) is 0 Å². The van der Waals surface area contributed by atoms with E-state index in [0.717, 1.165) is 0 Å². The van der Waals surface area contributed by atoms with Crippen molar-refractivity contribution >= 4 is 5.78 Å². The Morgan fingerprint density at radius 1 is 1.26 bits per heavy atom. The molecule has 0 heterocycles. The SMILES string of the molecule is CCC(=O)/C=C(\C)C1CCC2(C)C3(C)CCC2(C1)C3. The molecule has 0 aromatic carbocycles. The lowest BCUT2D eigenvalue weighted by Gasteiger charge is -2.67. The van der Waals surface area contributed by atoms with Gasteiger partial charge in [0.15, 0.2) is 5.78 Å². The van der Waals surface area contributed by atoms with E-state index >= 15 is 0 Å². The molecule has 1 nitrogen and oxygen atoms in total. The largest absolute Gasteiger partial charge is 0.295 e. The van der Waals surface area contributed by atoms with E-state index in [0.29, 0.717) is 34.4 Å². The molecule has 1 spiro atoms. The molecule has 4 saturated carbocycles. The molecule has 4 unspecified atom stereocenters. The number of hydrogen-bond acceptors (Lipinski definition) is 1. The molecule has 0 aromatic rings. The van der Waals surface area contributed by atoms with Crippen molar-refractivity contribution in [3.05, 3.63) is 11.6 Å². The van der Waals surface area contributed by atoms with E-state index in [1.165, 1.54) is 44.1 Å². The Morgan fingerprint density at radius 3 is 2.63 bits per heavy atom.